The summed E-state index contributed by atoms with van der Waals surface area (Å²) in [5, 5.41) is 36.6. The van der Waals surface area contributed by atoms with E-state index in [0.717, 1.165) is 4.90 Å². The molecular weight excluding hydrogens is 444 g/mol. The summed E-state index contributed by atoms with van der Waals surface area (Å²) in [5.41, 5.74) is 0.347. The second kappa shape index (κ2) is 10.8. The van der Waals surface area contributed by atoms with E-state index in [9.17, 15) is 24.9 Å². The number of methoxy groups -OCH3 is 1. The van der Waals surface area contributed by atoms with Crippen molar-refractivity contribution in [3.05, 3.63) is 35.4 Å². The van der Waals surface area contributed by atoms with Crippen LogP contribution in [0.4, 0.5) is 5.69 Å². The number of anilines is 1. The Hall–Kier alpha value is -1.62. The Bertz CT molecular complexity index is 829. The third-order valence-corrected chi connectivity index (χ3v) is 5.94. The lowest BCUT2D eigenvalue weighted by molar-refractivity contribution is -0.150. The number of hydrogen-bond donors (Lipinski definition) is 5. The molecule has 8 nitrogen and oxygen atoms in total. The van der Waals surface area contributed by atoms with Gasteiger partial charge in [-0.2, -0.15) is 0 Å². The second-order valence-corrected chi connectivity index (χ2v) is 9.85. The van der Waals surface area contributed by atoms with Gasteiger partial charge in [-0.05, 0) is 23.6 Å². The first-order valence-electron chi connectivity index (χ1n) is 9.73. The minimum absolute atomic E-state index is 0.233. The molecule has 5 N–H and O–H groups in total. The van der Waals surface area contributed by atoms with Crippen LogP contribution in [0.3, 0.4) is 0 Å². The number of hydrogen-bond acceptors (Lipinski definition) is 7. The average molecular weight is 473 g/mol. The fraction of sp³-hybridized carbons (Fsp3) is 0.524. The van der Waals surface area contributed by atoms with E-state index in [1.807, 2.05) is 20.8 Å². The van der Waals surface area contributed by atoms with Gasteiger partial charge in [-0.1, -0.05) is 44.5 Å². The highest BCUT2D eigenvalue weighted by atomic mass is 35.5. The van der Waals surface area contributed by atoms with Crippen LogP contribution in [0.15, 0.2) is 35.2 Å². The van der Waals surface area contributed by atoms with Gasteiger partial charge in [0.15, 0.2) is 6.10 Å². The molecule has 0 fully saturated rings. The zero-order valence-electron chi connectivity index (χ0n) is 17.8. The SMILES string of the molecule is CO[C@@H](C(=O)NC1CSc2cc(Cl)ccc2NC1=O)[C@H](O)[C@@H](O)[C@H](O)C=CC(C)(C)C. The topological polar surface area (TPSA) is 128 Å². The first-order valence-corrected chi connectivity index (χ1v) is 11.1. The predicted molar refractivity (Wildman–Crippen MR) is 120 cm³/mol. The highest BCUT2D eigenvalue weighted by Crippen LogP contribution is 2.33. The first kappa shape index (κ1) is 25.6. The second-order valence-electron chi connectivity index (χ2n) is 8.36. The highest BCUT2D eigenvalue weighted by molar-refractivity contribution is 7.99. The Morgan fingerprint density at radius 1 is 1.32 bits per heavy atom. The molecule has 172 valence electrons. The van der Waals surface area contributed by atoms with Gasteiger partial charge in [0.1, 0.15) is 24.4 Å². The third-order valence-electron chi connectivity index (χ3n) is 4.56. The van der Waals surface area contributed by atoms with Crippen LogP contribution in [0.5, 0.6) is 0 Å². The quantitative estimate of drug-likeness (QED) is 0.381. The smallest absolute Gasteiger partial charge is 0.252 e. The first-order chi connectivity index (χ1) is 14.4. The number of rotatable bonds is 7. The summed E-state index contributed by atoms with van der Waals surface area (Å²) >= 11 is 7.34. The number of carbonyl (C=O) groups excluding carboxylic acids is 2. The Morgan fingerprint density at radius 3 is 2.61 bits per heavy atom. The number of allylic oxidation sites excluding steroid dienone is 1. The summed E-state index contributed by atoms with van der Waals surface area (Å²) in [6, 6.07) is 4.14. The lowest BCUT2D eigenvalue weighted by Crippen LogP contribution is -2.55. The number of aliphatic hydroxyl groups is 3. The Balaban J connectivity index is 2.05. The van der Waals surface area contributed by atoms with E-state index in [2.05, 4.69) is 10.6 Å². The van der Waals surface area contributed by atoms with Crippen molar-refractivity contribution in [1.82, 2.24) is 5.32 Å². The van der Waals surface area contributed by atoms with Crippen LogP contribution in [0.1, 0.15) is 20.8 Å². The van der Waals surface area contributed by atoms with Gasteiger partial charge in [-0.3, -0.25) is 9.59 Å². The molecule has 2 rings (SSSR count). The third kappa shape index (κ3) is 7.20. The molecule has 2 amide bonds. The molecule has 1 aliphatic rings. The summed E-state index contributed by atoms with van der Waals surface area (Å²) in [7, 11) is 1.19. The van der Waals surface area contributed by atoms with Gasteiger partial charge in [0.25, 0.3) is 5.91 Å². The van der Waals surface area contributed by atoms with Gasteiger partial charge >= 0.3 is 0 Å². The summed E-state index contributed by atoms with van der Waals surface area (Å²) < 4.78 is 5.06. The van der Waals surface area contributed by atoms with Gasteiger partial charge in [-0.25, -0.2) is 0 Å². The summed E-state index contributed by atoms with van der Waals surface area (Å²) in [4.78, 5) is 26.0. The maximum absolute atomic E-state index is 12.7. The van der Waals surface area contributed by atoms with Crippen molar-refractivity contribution in [3.63, 3.8) is 0 Å². The zero-order chi connectivity index (χ0) is 23.3. The van der Waals surface area contributed by atoms with Gasteiger partial charge in [-0.15, -0.1) is 11.8 Å². The van der Waals surface area contributed by atoms with Crippen LogP contribution in [-0.4, -0.2) is 70.5 Å². The van der Waals surface area contributed by atoms with Crippen LogP contribution in [0.25, 0.3) is 0 Å². The minimum atomic E-state index is -1.72. The monoisotopic (exact) mass is 472 g/mol. The molecule has 1 aliphatic heterocycles. The maximum Gasteiger partial charge on any atom is 0.252 e. The van der Waals surface area contributed by atoms with Gasteiger partial charge in [0.2, 0.25) is 5.91 Å². The molecule has 1 aromatic carbocycles. The fourth-order valence-electron chi connectivity index (χ4n) is 2.83. The molecule has 0 radical (unpaired) electrons. The van der Waals surface area contributed by atoms with Crippen molar-refractivity contribution < 1.29 is 29.6 Å². The van der Waals surface area contributed by atoms with Gasteiger partial charge in [0.05, 0.1) is 5.69 Å². The zero-order valence-corrected chi connectivity index (χ0v) is 19.4. The van der Waals surface area contributed by atoms with E-state index in [4.69, 9.17) is 16.3 Å². The molecule has 0 saturated carbocycles. The average Bonchev–Trinajstić information content (AvgIpc) is 2.84. The number of benzene rings is 1. The Labute approximate surface area is 191 Å². The van der Waals surface area contributed by atoms with Crippen LogP contribution in [0.2, 0.25) is 5.02 Å². The highest BCUT2D eigenvalue weighted by Gasteiger charge is 2.37. The number of carbonyl (C=O) groups is 2. The van der Waals surface area contributed by atoms with E-state index in [1.54, 1.807) is 24.3 Å². The van der Waals surface area contributed by atoms with E-state index < -0.39 is 42.3 Å². The number of thioether (sulfide) groups is 1. The van der Waals surface area contributed by atoms with Crippen LogP contribution < -0.4 is 10.6 Å². The van der Waals surface area contributed by atoms with Crippen molar-refractivity contribution in [2.75, 3.05) is 18.2 Å². The number of amides is 2. The van der Waals surface area contributed by atoms with E-state index >= 15 is 0 Å². The number of aliphatic hydroxyl groups excluding tert-OH is 3. The van der Waals surface area contributed by atoms with Crippen molar-refractivity contribution in [3.8, 4) is 0 Å². The molecule has 5 atom stereocenters. The lowest BCUT2D eigenvalue weighted by Gasteiger charge is -2.28. The Morgan fingerprint density at radius 2 is 2.00 bits per heavy atom. The summed E-state index contributed by atoms with van der Waals surface area (Å²) in [6.45, 7) is 5.73. The molecule has 0 aromatic heterocycles. The van der Waals surface area contributed by atoms with Crippen molar-refractivity contribution in [2.45, 2.75) is 56.1 Å². The molecule has 0 aliphatic carbocycles. The van der Waals surface area contributed by atoms with Crippen LogP contribution >= 0.6 is 23.4 Å². The Kier molecular flexibility index (Phi) is 8.93. The number of halogens is 1. The van der Waals surface area contributed by atoms with Gasteiger partial charge in [0, 0.05) is 22.8 Å². The minimum Gasteiger partial charge on any atom is -0.387 e. The largest absolute Gasteiger partial charge is 0.387 e. The van der Waals surface area contributed by atoms with E-state index in [-0.39, 0.29) is 11.2 Å². The maximum atomic E-state index is 12.7. The molecule has 1 unspecified atom stereocenters. The van der Waals surface area contributed by atoms with Crippen LogP contribution in [-0.2, 0) is 14.3 Å². The van der Waals surface area contributed by atoms with Crippen molar-refractivity contribution in [2.24, 2.45) is 5.41 Å². The molecular formula is C21H29ClN2O6S. The van der Waals surface area contributed by atoms with Crippen LogP contribution in [0, 0.1) is 5.41 Å². The molecule has 0 spiro atoms. The number of ether oxygens (including phenoxy) is 1. The number of fused-ring (bicyclic) bond motifs is 1. The summed E-state index contributed by atoms with van der Waals surface area (Å²) in [6.07, 6.45) is -3.25. The fourth-order valence-corrected chi connectivity index (χ4v) is 4.13. The molecule has 10 heteroatoms. The van der Waals surface area contributed by atoms with Gasteiger partial charge < -0.3 is 30.7 Å². The molecule has 1 aromatic rings. The van der Waals surface area contributed by atoms with E-state index in [1.165, 1.54) is 24.9 Å². The summed E-state index contributed by atoms with van der Waals surface area (Å²) in [5.74, 6) is -0.984. The molecule has 31 heavy (non-hydrogen) atoms. The molecule has 1 heterocycles. The normalized spacial score (nSPS) is 20.9. The molecule has 0 bridgehead atoms. The predicted octanol–water partition coefficient (Wildman–Crippen LogP) is 1.57. The van der Waals surface area contributed by atoms with Crippen molar-refractivity contribution >= 4 is 40.9 Å². The standard InChI is InChI=1S/C21H29ClN2O6S/c1-21(2,3)8-7-14(25)16(26)17(27)18(30-4)20(29)24-13-10-31-15-9-11(22)5-6-12(15)23-19(13)28/h5-9,13-14,16-18,25-27H,10H2,1-4H3,(H,23,28)(H,24,29)/t13?,14-,16+,17-,18-/m1/s1. The van der Waals surface area contributed by atoms with Crippen molar-refractivity contribution in [1.29, 1.82) is 0 Å². The lowest BCUT2D eigenvalue weighted by atomic mass is 9.94. The van der Waals surface area contributed by atoms with E-state index in [0.29, 0.717) is 10.7 Å². The number of nitrogens with one attached hydrogen (secondary N) is 2. The molecule has 0 saturated heterocycles.